The highest BCUT2D eigenvalue weighted by Gasteiger charge is 2.34. The molecule has 0 radical (unpaired) electrons. The summed E-state index contributed by atoms with van der Waals surface area (Å²) in [5.41, 5.74) is -0.519. The highest BCUT2D eigenvalue weighted by Crippen LogP contribution is 2.42. The zero-order valence-electron chi connectivity index (χ0n) is 18.1. The molecule has 2 heterocycles. The maximum atomic E-state index is 13.4. The van der Waals surface area contributed by atoms with E-state index in [2.05, 4.69) is 41.3 Å². The van der Waals surface area contributed by atoms with Crippen LogP contribution in [0.4, 0.5) is 22.0 Å². The first-order valence-electron chi connectivity index (χ1n) is 10.4. The van der Waals surface area contributed by atoms with E-state index in [0.717, 1.165) is 25.0 Å². The molecule has 1 aliphatic carbocycles. The molecule has 1 atom stereocenters. The topological polar surface area (TPSA) is 94.8 Å². The maximum Gasteiger partial charge on any atom is 0.416 e. The number of aromatic nitrogens is 5. The Morgan fingerprint density at radius 1 is 1.23 bits per heavy atom. The molecule has 2 aromatic heterocycles. The third kappa shape index (κ3) is 6.10. The summed E-state index contributed by atoms with van der Waals surface area (Å²) >= 11 is 3.13. The third-order valence-corrected chi connectivity index (χ3v) is 5.45. The molecule has 1 fully saturated rings. The van der Waals surface area contributed by atoms with Crippen molar-refractivity contribution in [1.82, 2.24) is 30.0 Å². The number of hydrogen-bond acceptors (Lipinski definition) is 6. The number of carbonyl (C=O) groups excluding carboxylic acids is 1. The molecular formula is C21H18BrF5N6O2. The number of benzene rings is 1. The number of ether oxygens (including phenoxy) is 1. The average Bonchev–Trinajstić information content (AvgIpc) is 3.58. The first-order valence-corrected chi connectivity index (χ1v) is 11.2. The molecule has 1 N–H and O–H groups in total. The van der Waals surface area contributed by atoms with Crippen LogP contribution in [0.1, 0.15) is 59.0 Å². The zero-order valence-corrected chi connectivity index (χ0v) is 19.6. The standard InChI is InChI=1S/C21H18BrF5N6O2/c1-10(30-18(34)13-4-12(11-2-3-11)5-14(6-13)21(25,26)27)17-31-19(22)32-33(17)20-28-7-15(8-29-20)35-9-16(23)24/h4-8,10-11,16H,2-3,9H2,1H3,(H,30,34). The monoisotopic (exact) mass is 560 g/mol. The Bertz CT molecular complexity index is 1210. The van der Waals surface area contributed by atoms with Crippen molar-refractivity contribution in [1.29, 1.82) is 0 Å². The van der Waals surface area contributed by atoms with E-state index in [9.17, 15) is 26.7 Å². The van der Waals surface area contributed by atoms with E-state index in [0.29, 0.717) is 5.56 Å². The minimum absolute atomic E-state index is 0.0128. The summed E-state index contributed by atoms with van der Waals surface area (Å²) in [6.07, 6.45) is -3.33. The molecule has 186 valence electrons. The lowest BCUT2D eigenvalue weighted by Gasteiger charge is -2.16. The molecule has 8 nitrogen and oxygen atoms in total. The van der Waals surface area contributed by atoms with Gasteiger partial charge in [0.1, 0.15) is 6.61 Å². The quantitative estimate of drug-likeness (QED) is 0.396. The number of amides is 1. The summed E-state index contributed by atoms with van der Waals surface area (Å²) in [5, 5.41) is 6.75. The number of halogens is 6. The lowest BCUT2D eigenvalue weighted by atomic mass is 10.0. The lowest BCUT2D eigenvalue weighted by Crippen LogP contribution is -2.29. The molecule has 0 aliphatic heterocycles. The molecule has 1 saturated carbocycles. The molecule has 0 spiro atoms. The second-order valence-electron chi connectivity index (χ2n) is 7.88. The molecule has 14 heteroatoms. The summed E-state index contributed by atoms with van der Waals surface area (Å²) in [6, 6.07) is 2.56. The van der Waals surface area contributed by atoms with Gasteiger partial charge in [-0.2, -0.15) is 17.9 Å². The molecule has 35 heavy (non-hydrogen) atoms. The van der Waals surface area contributed by atoms with Crippen LogP contribution in [0.25, 0.3) is 5.95 Å². The van der Waals surface area contributed by atoms with Crippen molar-refractivity contribution >= 4 is 21.8 Å². The van der Waals surface area contributed by atoms with Crippen LogP contribution < -0.4 is 10.1 Å². The van der Waals surface area contributed by atoms with Gasteiger partial charge in [-0.25, -0.2) is 23.7 Å². The van der Waals surface area contributed by atoms with Gasteiger partial charge in [0.25, 0.3) is 18.3 Å². The molecule has 4 rings (SSSR count). The van der Waals surface area contributed by atoms with E-state index in [-0.39, 0.29) is 33.7 Å². The van der Waals surface area contributed by atoms with Crippen LogP contribution in [-0.4, -0.2) is 43.7 Å². The van der Waals surface area contributed by atoms with Crippen LogP contribution in [-0.2, 0) is 6.18 Å². The van der Waals surface area contributed by atoms with Crippen molar-refractivity contribution in [2.24, 2.45) is 0 Å². The van der Waals surface area contributed by atoms with Crippen molar-refractivity contribution in [3.8, 4) is 11.7 Å². The highest BCUT2D eigenvalue weighted by atomic mass is 79.9. The number of carbonyl (C=O) groups is 1. The van der Waals surface area contributed by atoms with Crippen LogP contribution in [0.2, 0.25) is 0 Å². The molecule has 1 unspecified atom stereocenters. The molecule has 1 amide bonds. The Labute approximate surface area is 204 Å². The Kier molecular flexibility index (Phi) is 7.01. The van der Waals surface area contributed by atoms with E-state index >= 15 is 0 Å². The van der Waals surface area contributed by atoms with Crippen LogP contribution >= 0.6 is 15.9 Å². The van der Waals surface area contributed by atoms with Gasteiger partial charge >= 0.3 is 6.18 Å². The van der Waals surface area contributed by atoms with Gasteiger partial charge in [-0.1, -0.05) is 0 Å². The van der Waals surface area contributed by atoms with Gasteiger partial charge in [-0.15, -0.1) is 5.10 Å². The van der Waals surface area contributed by atoms with Gasteiger partial charge in [0, 0.05) is 5.56 Å². The van der Waals surface area contributed by atoms with Crippen LogP contribution in [0, 0.1) is 0 Å². The van der Waals surface area contributed by atoms with Gasteiger partial charge in [0.05, 0.1) is 24.0 Å². The second kappa shape index (κ2) is 9.84. The van der Waals surface area contributed by atoms with E-state index < -0.39 is 36.7 Å². The third-order valence-electron chi connectivity index (χ3n) is 5.11. The smallest absolute Gasteiger partial charge is 0.416 e. The number of hydrogen-bond donors (Lipinski definition) is 1. The molecular weight excluding hydrogens is 543 g/mol. The SMILES string of the molecule is CC(NC(=O)c1cc(C2CC2)cc(C(F)(F)F)c1)c1nc(Br)nn1-c1ncc(OCC(F)F)cn1. The molecule has 3 aromatic rings. The number of rotatable bonds is 8. The van der Waals surface area contributed by atoms with Crippen LogP contribution in [0.15, 0.2) is 35.3 Å². The van der Waals surface area contributed by atoms with E-state index in [1.165, 1.54) is 23.1 Å². The summed E-state index contributed by atoms with van der Waals surface area (Å²) in [4.78, 5) is 25.1. The van der Waals surface area contributed by atoms with Gasteiger partial charge in [-0.3, -0.25) is 4.79 Å². The van der Waals surface area contributed by atoms with E-state index in [1.54, 1.807) is 6.92 Å². The van der Waals surface area contributed by atoms with Crippen molar-refractivity contribution in [2.45, 2.75) is 44.3 Å². The van der Waals surface area contributed by atoms with Gasteiger partial charge in [0.2, 0.25) is 4.73 Å². The second-order valence-corrected chi connectivity index (χ2v) is 8.59. The predicted molar refractivity (Wildman–Crippen MR) is 115 cm³/mol. The maximum absolute atomic E-state index is 13.4. The lowest BCUT2D eigenvalue weighted by molar-refractivity contribution is -0.137. The molecule has 1 aliphatic rings. The fraction of sp³-hybridized carbons (Fsp3) is 0.381. The van der Waals surface area contributed by atoms with Crippen molar-refractivity contribution in [2.75, 3.05) is 6.61 Å². The van der Waals surface area contributed by atoms with Crippen LogP contribution in [0.5, 0.6) is 5.75 Å². The fourth-order valence-electron chi connectivity index (χ4n) is 3.32. The number of alkyl halides is 5. The Hall–Kier alpha value is -3.16. The first kappa shape index (κ1) is 24.9. The highest BCUT2D eigenvalue weighted by molar-refractivity contribution is 9.10. The van der Waals surface area contributed by atoms with E-state index in [1.807, 2.05) is 0 Å². The summed E-state index contributed by atoms with van der Waals surface area (Å²) < 4.78 is 70.9. The van der Waals surface area contributed by atoms with Gasteiger partial charge in [0.15, 0.2) is 11.6 Å². The molecule has 1 aromatic carbocycles. The first-order chi connectivity index (χ1) is 16.5. The van der Waals surface area contributed by atoms with E-state index in [4.69, 9.17) is 4.74 Å². The van der Waals surface area contributed by atoms with Gasteiger partial charge in [-0.05, 0) is 65.4 Å². The predicted octanol–water partition coefficient (Wildman–Crippen LogP) is 4.85. The minimum Gasteiger partial charge on any atom is -0.484 e. The molecule has 0 saturated heterocycles. The van der Waals surface area contributed by atoms with Crippen LogP contribution in [0.3, 0.4) is 0 Å². The Morgan fingerprint density at radius 3 is 2.51 bits per heavy atom. The normalized spacial score (nSPS) is 14.7. The summed E-state index contributed by atoms with van der Waals surface area (Å²) in [7, 11) is 0. The Morgan fingerprint density at radius 2 is 1.91 bits per heavy atom. The van der Waals surface area contributed by atoms with Crippen molar-refractivity contribution < 1.29 is 31.5 Å². The van der Waals surface area contributed by atoms with Crippen molar-refractivity contribution in [3.05, 3.63) is 57.8 Å². The fourth-order valence-corrected chi connectivity index (χ4v) is 3.66. The number of nitrogens with zero attached hydrogens (tertiary/aromatic N) is 5. The van der Waals surface area contributed by atoms with Crippen molar-refractivity contribution in [3.63, 3.8) is 0 Å². The van der Waals surface area contributed by atoms with Gasteiger partial charge < -0.3 is 10.1 Å². The largest absolute Gasteiger partial charge is 0.484 e. The summed E-state index contributed by atoms with van der Waals surface area (Å²) in [5.74, 6) is -0.482. The zero-order chi connectivity index (χ0) is 25.3. The number of nitrogens with one attached hydrogen (secondary N) is 1. The summed E-state index contributed by atoms with van der Waals surface area (Å²) in [6.45, 7) is 0.754. The molecule has 0 bridgehead atoms. The Balaban J connectivity index is 1.55. The average molecular weight is 561 g/mol. The minimum atomic E-state index is -4.58.